The molecule has 0 aliphatic carbocycles. The van der Waals surface area contributed by atoms with Crippen molar-refractivity contribution < 1.29 is 14.3 Å². The summed E-state index contributed by atoms with van der Waals surface area (Å²) in [5.41, 5.74) is 2.63. The largest absolute Gasteiger partial charge is 0.495 e. The third-order valence-electron chi connectivity index (χ3n) is 5.86. The van der Waals surface area contributed by atoms with Crippen LogP contribution in [-0.2, 0) is 16.1 Å². The highest BCUT2D eigenvalue weighted by Crippen LogP contribution is 2.38. The number of carbonyl (C=O) groups is 1. The molecule has 4 rings (SSSR count). The molecule has 178 valence electrons. The highest BCUT2D eigenvalue weighted by Gasteiger charge is 2.41. The summed E-state index contributed by atoms with van der Waals surface area (Å²) in [5, 5.41) is 6.98. The number of nitrogens with zero attached hydrogens (tertiary/aromatic N) is 3. The predicted octanol–water partition coefficient (Wildman–Crippen LogP) is 3.54. The average Bonchev–Trinajstić information content (AvgIpc) is 3.45. The molecule has 2 N–H and O–H groups in total. The Kier molecular flexibility index (Phi) is 7.76. The van der Waals surface area contributed by atoms with Crippen molar-refractivity contribution >= 4 is 28.9 Å². The van der Waals surface area contributed by atoms with Crippen LogP contribution in [0.4, 0.5) is 5.69 Å². The van der Waals surface area contributed by atoms with Crippen molar-refractivity contribution in [3.63, 3.8) is 0 Å². The second-order valence-corrected chi connectivity index (χ2v) is 8.32. The summed E-state index contributed by atoms with van der Waals surface area (Å²) >= 11 is 5.72. The van der Waals surface area contributed by atoms with E-state index in [0.29, 0.717) is 29.7 Å². The summed E-state index contributed by atoms with van der Waals surface area (Å²) in [5.74, 6) is 0.514. The highest BCUT2D eigenvalue weighted by atomic mass is 32.1. The number of carbonyl (C=O) groups excluding carboxylic acids is 1. The van der Waals surface area contributed by atoms with Crippen molar-refractivity contribution in [2.45, 2.75) is 25.0 Å². The Morgan fingerprint density at radius 3 is 2.71 bits per heavy atom. The van der Waals surface area contributed by atoms with Gasteiger partial charge in [0.1, 0.15) is 5.75 Å². The summed E-state index contributed by atoms with van der Waals surface area (Å²) in [6.07, 6.45) is 4.09. The first-order valence-electron chi connectivity index (χ1n) is 11.2. The molecular formula is C25H29N5O3S. The number of hydrogen-bond acceptors (Lipinski definition) is 5. The predicted molar refractivity (Wildman–Crippen MR) is 135 cm³/mol. The number of rotatable bonds is 10. The summed E-state index contributed by atoms with van der Waals surface area (Å²) in [4.78, 5) is 19.5. The van der Waals surface area contributed by atoms with Crippen molar-refractivity contribution in [2.24, 2.45) is 0 Å². The molecule has 1 aliphatic heterocycles. The molecule has 1 amide bonds. The molecule has 1 saturated heterocycles. The lowest BCUT2D eigenvalue weighted by atomic mass is 10.0. The van der Waals surface area contributed by atoms with Crippen LogP contribution < -0.4 is 15.4 Å². The molecule has 8 nitrogen and oxygen atoms in total. The molecule has 34 heavy (non-hydrogen) atoms. The molecule has 0 spiro atoms. The zero-order chi connectivity index (χ0) is 23.9. The third-order valence-corrected chi connectivity index (χ3v) is 6.21. The number of para-hydroxylation sites is 2. The molecule has 1 aliphatic rings. The van der Waals surface area contributed by atoms with Gasteiger partial charge in [-0.2, -0.15) is 0 Å². The second-order valence-electron chi connectivity index (χ2n) is 7.94. The van der Waals surface area contributed by atoms with Gasteiger partial charge >= 0.3 is 0 Å². The normalized spacial score (nSPS) is 17.5. The number of aromatic nitrogens is 2. The molecule has 0 unspecified atom stereocenters. The SMILES string of the molecule is COCCn1cccc1[C@@H]1[C@H](c2ccccn2)NC(=S)N1CCC(=O)Nc1ccccc1OC. The minimum Gasteiger partial charge on any atom is -0.495 e. The molecule has 0 radical (unpaired) electrons. The molecule has 0 saturated carbocycles. The zero-order valence-electron chi connectivity index (χ0n) is 19.3. The summed E-state index contributed by atoms with van der Waals surface area (Å²) in [6, 6.07) is 17.1. The van der Waals surface area contributed by atoms with Crippen molar-refractivity contribution in [1.29, 1.82) is 0 Å². The Labute approximate surface area is 204 Å². The molecular weight excluding hydrogens is 450 g/mol. The van der Waals surface area contributed by atoms with E-state index in [1.165, 1.54) is 0 Å². The van der Waals surface area contributed by atoms with Gasteiger partial charge in [0.15, 0.2) is 5.11 Å². The number of hydrogen-bond donors (Lipinski definition) is 2. The summed E-state index contributed by atoms with van der Waals surface area (Å²) in [6.45, 7) is 1.78. The van der Waals surface area contributed by atoms with Gasteiger partial charge in [0.2, 0.25) is 5.91 Å². The molecule has 2 atom stereocenters. The number of methoxy groups -OCH3 is 2. The van der Waals surface area contributed by atoms with E-state index >= 15 is 0 Å². The molecule has 1 aromatic carbocycles. The Balaban J connectivity index is 1.55. The van der Waals surface area contributed by atoms with Gasteiger partial charge < -0.3 is 29.6 Å². The summed E-state index contributed by atoms with van der Waals surface area (Å²) in [7, 11) is 3.28. The van der Waals surface area contributed by atoms with E-state index in [0.717, 1.165) is 17.9 Å². The lowest BCUT2D eigenvalue weighted by molar-refractivity contribution is -0.116. The van der Waals surface area contributed by atoms with Gasteiger partial charge in [-0.25, -0.2) is 0 Å². The number of amides is 1. The topological polar surface area (TPSA) is 80.7 Å². The van der Waals surface area contributed by atoms with E-state index in [-0.39, 0.29) is 24.4 Å². The van der Waals surface area contributed by atoms with Crippen LogP contribution in [-0.4, -0.2) is 52.8 Å². The van der Waals surface area contributed by atoms with Gasteiger partial charge in [-0.3, -0.25) is 9.78 Å². The molecule has 2 aromatic heterocycles. The number of ether oxygens (including phenoxy) is 2. The Morgan fingerprint density at radius 1 is 1.12 bits per heavy atom. The number of thiocarbonyl (C=S) groups is 1. The van der Waals surface area contributed by atoms with Crippen LogP contribution >= 0.6 is 12.2 Å². The minimum atomic E-state index is -0.137. The molecule has 9 heteroatoms. The first-order valence-corrected chi connectivity index (χ1v) is 11.6. The van der Waals surface area contributed by atoms with E-state index in [4.69, 9.17) is 21.7 Å². The van der Waals surface area contributed by atoms with Crippen LogP contribution in [0.25, 0.3) is 0 Å². The van der Waals surface area contributed by atoms with Crippen LogP contribution in [0.2, 0.25) is 0 Å². The summed E-state index contributed by atoms with van der Waals surface area (Å²) < 4.78 is 12.8. The zero-order valence-corrected chi connectivity index (χ0v) is 20.1. The van der Waals surface area contributed by atoms with Crippen molar-refractivity contribution in [1.82, 2.24) is 19.8 Å². The van der Waals surface area contributed by atoms with Crippen LogP contribution in [0.5, 0.6) is 5.75 Å². The van der Waals surface area contributed by atoms with Gasteiger partial charge in [0.05, 0.1) is 37.2 Å². The maximum Gasteiger partial charge on any atom is 0.226 e. The Morgan fingerprint density at radius 2 is 1.94 bits per heavy atom. The lowest BCUT2D eigenvalue weighted by Gasteiger charge is -2.28. The van der Waals surface area contributed by atoms with Crippen LogP contribution in [0.1, 0.15) is 29.9 Å². The van der Waals surface area contributed by atoms with E-state index in [1.807, 2.05) is 54.7 Å². The van der Waals surface area contributed by atoms with Gasteiger partial charge in [0.25, 0.3) is 0 Å². The van der Waals surface area contributed by atoms with Crippen LogP contribution in [0.3, 0.4) is 0 Å². The van der Waals surface area contributed by atoms with E-state index < -0.39 is 0 Å². The fraction of sp³-hybridized carbons (Fsp3) is 0.320. The third kappa shape index (κ3) is 5.21. The van der Waals surface area contributed by atoms with E-state index in [2.05, 4.69) is 31.2 Å². The second kappa shape index (κ2) is 11.1. The monoisotopic (exact) mass is 479 g/mol. The van der Waals surface area contributed by atoms with Gasteiger partial charge in [-0.05, 0) is 48.6 Å². The number of pyridine rings is 1. The van der Waals surface area contributed by atoms with Gasteiger partial charge in [0, 0.05) is 44.7 Å². The van der Waals surface area contributed by atoms with E-state index in [9.17, 15) is 4.79 Å². The van der Waals surface area contributed by atoms with Gasteiger partial charge in [-0.1, -0.05) is 18.2 Å². The molecule has 3 heterocycles. The smallest absolute Gasteiger partial charge is 0.226 e. The minimum absolute atomic E-state index is 0.109. The van der Waals surface area contributed by atoms with Crippen molar-refractivity contribution in [2.75, 3.05) is 32.7 Å². The van der Waals surface area contributed by atoms with Crippen molar-refractivity contribution in [3.05, 3.63) is 78.4 Å². The maximum absolute atomic E-state index is 12.8. The van der Waals surface area contributed by atoms with Crippen molar-refractivity contribution in [3.8, 4) is 5.75 Å². The van der Waals surface area contributed by atoms with E-state index in [1.54, 1.807) is 20.4 Å². The maximum atomic E-state index is 12.8. The Hall–Kier alpha value is -3.43. The van der Waals surface area contributed by atoms with Crippen LogP contribution in [0, 0.1) is 0 Å². The fourth-order valence-corrected chi connectivity index (χ4v) is 4.57. The molecule has 1 fully saturated rings. The lowest BCUT2D eigenvalue weighted by Crippen LogP contribution is -2.33. The standard InChI is InChI=1S/C25H29N5O3S/c1-32-17-16-29-14-7-10-20(29)24-23(19-9-5-6-13-26-19)28-25(34)30(24)15-12-22(31)27-18-8-3-4-11-21(18)33-2/h3-11,13-14,23-24H,12,15-17H2,1-2H3,(H,27,31)(H,28,34)/t23-,24+/m0/s1. The number of benzene rings is 1. The van der Waals surface area contributed by atoms with Gasteiger partial charge in [-0.15, -0.1) is 0 Å². The molecule has 0 bridgehead atoms. The van der Waals surface area contributed by atoms with Crippen LogP contribution in [0.15, 0.2) is 67.0 Å². The quantitative estimate of drug-likeness (QED) is 0.431. The first kappa shape index (κ1) is 23.7. The number of nitrogens with one attached hydrogen (secondary N) is 2. The first-order chi connectivity index (χ1) is 16.6. The molecule has 3 aromatic rings. The highest BCUT2D eigenvalue weighted by molar-refractivity contribution is 7.80. The number of anilines is 1. The Bertz CT molecular complexity index is 1120. The average molecular weight is 480 g/mol. The fourth-order valence-electron chi connectivity index (χ4n) is 4.24.